The Morgan fingerprint density at radius 1 is 1.29 bits per heavy atom. The maximum atomic E-state index is 11.8. The summed E-state index contributed by atoms with van der Waals surface area (Å²) in [7, 11) is 0. The number of unbranched alkanes of at least 4 members (excludes halogenated alkanes) is 1. The number of benzene rings is 1. The van der Waals surface area contributed by atoms with Gasteiger partial charge in [0.2, 0.25) is 0 Å². The molecule has 0 saturated carbocycles. The number of aliphatic carboxylic acids is 1. The number of ether oxygens (including phenoxy) is 1. The number of rotatable bonds is 9. The van der Waals surface area contributed by atoms with Gasteiger partial charge in [-0.25, -0.2) is 4.79 Å². The van der Waals surface area contributed by atoms with Crippen LogP contribution in [-0.4, -0.2) is 41.3 Å². The van der Waals surface area contributed by atoms with Crippen molar-refractivity contribution in [2.75, 3.05) is 13.2 Å². The van der Waals surface area contributed by atoms with Crippen molar-refractivity contribution in [1.29, 1.82) is 0 Å². The molecule has 6 heteroatoms. The molecule has 0 saturated heterocycles. The van der Waals surface area contributed by atoms with Crippen molar-refractivity contribution in [3.8, 4) is 5.75 Å². The number of carbonyl (C=O) groups is 2. The number of aliphatic hydroxyl groups is 1. The van der Waals surface area contributed by atoms with Crippen LogP contribution >= 0.6 is 0 Å². The van der Waals surface area contributed by atoms with Crippen molar-refractivity contribution in [3.63, 3.8) is 0 Å². The Morgan fingerprint density at radius 3 is 2.52 bits per heavy atom. The van der Waals surface area contributed by atoms with Gasteiger partial charge >= 0.3 is 5.97 Å². The molecule has 3 N–H and O–H groups in total. The molecule has 0 aliphatic heterocycles. The van der Waals surface area contributed by atoms with E-state index in [2.05, 4.69) is 12.2 Å². The molecule has 0 unspecified atom stereocenters. The van der Waals surface area contributed by atoms with Crippen LogP contribution in [0.5, 0.6) is 5.75 Å². The Morgan fingerprint density at radius 2 is 1.95 bits per heavy atom. The van der Waals surface area contributed by atoms with Crippen molar-refractivity contribution in [3.05, 3.63) is 29.8 Å². The predicted molar refractivity (Wildman–Crippen MR) is 77.4 cm³/mol. The molecule has 21 heavy (non-hydrogen) atoms. The zero-order valence-electron chi connectivity index (χ0n) is 12.0. The van der Waals surface area contributed by atoms with E-state index in [4.69, 9.17) is 14.9 Å². The molecule has 0 radical (unpaired) electrons. The van der Waals surface area contributed by atoms with Crippen LogP contribution in [-0.2, 0) is 4.79 Å². The van der Waals surface area contributed by atoms with Crippen molar-refractivity contribution < 1.29 is 24.5 Å². The molecular weight excluding hydrogens is 274 g/mol. The van der Waals surface area contributed by atoms with Crippen molar-refractivity contribution >= 4 is 11.9 Å². The highest BCUT2D eigenvalue weighted by molar-refractivity contribution is 5.94. The van der Waals surface area contributed by atoms with Gasteiger partial charge in [-0.3, -0.25) is 4.79 Å². The molecule has 0 spiro atoms. The highest BCUT2D eigenvalue weighted by atomic mass is 16.5. The average Bonchev–Trinajstić information content (AvgIpc) is 2.47. The Kier molecular flexibility index (Phi) is 7.25. The van der Waals surface area contributed by atoms with Gasteiger partial charge in [-0.15, -0.1) is 0 Å². The maximum Gasteiger partial charge on any atom is 0.332 e. The smallest absolute Gasteiger partial charge is 0.332 e. The largest absolute Gasteiger partial charge is 0.494 e. The number of carboxylic acid groups (broad SMARTS) is 1. The van der Waals surface area contributed by atoms with E-state index in [-0.39, 0.29) is 18.9 Å². The quantitative estimate of drug-likeness (QED) is 0.599. The summed E-state index contributed by atoms with van der Waals surface area (Å²) in [6.45, 7) is 2.83. The number of aliphatic hydroxyl groups excluding tert-OH is 1. The summed E-state index contributed by atoms with van der Waals surface area (Å²) in [5, 5.41) is 20.1. The molecule has 0 aromatic heterocycles. The topological polar surface area (TPSA) is 95.9 Å². The minimum atomic E-state index is -1.46. The van der Waals surface area contributed by atoms with Gasteiger partial charge in [-0.2, -0.15) is 0 Å². The number of carbonyl (C=O) groups excluding carboxylic acids is 1. The summed E-state index contributed by atoms with van der Waals surface area (Å²) in [5.41, 5.74) is 0.461. The molecule has 0 bridgehead atoms. The third-order valence-corrected chi connectivity index (χ3v) is 2.87. The molecule has 116 valence electrons. The number of hydrogen-bond acceptors (Lipinski definition) is 4. The molecule has 0 heterocycles. The van der Waals surface area contributed by atoms with Crippen LogP contribution < -0.4 is 10.1 Å². The van der Waals surface area contributed by atoms with Crippen LogP contribution in [0.2, 0.25) is 0 Å². The van der Waals surface area contributed by atoms with Crippen LogP contribution in [0.25, 0.3) is 0 Å². The fraction of sp³-hybridized carbons (Fsp3) is 0.467. The van der Waals surface area contributed by atoms with E-state index in [0.29, 0.717) is 17.9 Å². The van der Waals surface area contributed by atoms with Crippen LogP contribution in [0.3, 0.4) is 0 Å². The third kappa shape index (κ3) is 6.27. The Bertz CT molecular complexity index is 458. The van der Waals surface area contributed by atoms with E-state index in [1.807, 2.05) is 0 Å². The van der Waals surface area contributed by atoms with Gasteiger partial charge in [0.15, 0.2) is 6.10 Å². The third-order valence-electron chi connectivity index (χ3n) is 2.87. The summed E-state index contributed by atoms with van der Waals surface area (Å²) in [6, 6.07) is 6.72. The number of nitrogens with one attached hydrogen (secondary N) is 1. The summed E-state index contributed by atoms with van der Waals surface area (Å²) in [5.74, 6) is -0.896. The molecule has 6 nitrogen and oxygen atoms in total. The first-order valence-corrected chi connectivity index (χ1v) is 6.96. The van der Waals surface area contributed by atoms with Crippen molar-refractivity contribution in [2.45, 2.75) is 32.3 Å². The van der Waals surface area contributed by atoms with E-state index in [9.17, 15) is 9.59 Å². The zero-order chi connectivity index (χ0) is 15.7. The molecular formula is C15H21NO5. The summed E-state index contributed by atoms with van der Waals surface area (Å²) in [4.78, 5) is 22.2. The highest BCUT2D eigenvalue weighted by Crippen LogP contribution is 2.12. The predicted octanol–water partition coefficient (Wildman–Crippen LogP) is 1.43. The first-order valence-electron chi connectivity index (χ1n) is 6.96. The molecule has 1 aromatic carbocycles. The lowest BCUT2D eigenvalue weighted by molar-refractivity contribution is -0.146. The minimum absolute atomic E-state index is 0.0285. The van der Waals surface area contributed by atoms with Gasteiger partial charge in [0.05, 0.1) is 6.61 Å². The van der Waals surface area contributed by atoms with Gasteiger partial charge in [-0.1, -0.05) is 13.3 Å². The lowest BCUT2D eigenvalue weighted by Crippen LogP contribution is -2.30. The van der Waals surface area contributed by atoms with Crippen molar-refractivity contribution in [1.82, 2.24) is 5.32 Å². The number of amides is 1. The molecule has 1 aromatic rings. The van der Waals surface area contributed by atoms with Gasteiger partial charge in [0, 0.05) is 18.5 Å². The van der Waals surface area contributed by atoms with Crippen LogP contribution in [0.1, 0.15) is 36.5 Å². The first-order chi connectivity index (χ1) is 10.0. The van der Waals surface area contributed by atoms with Crippen molar-refractivity contribution in [2.24, 2.45) is 0 Å². The van der Waals surface area contributed by atoms with E-state index < -0.39 is 12.1 Å². The fourth-order valence-electron chi connectivity index (χ4n) is 1.58. The van der Waals surface area contributed by atoms with E-state index in [0.717, 1.165) is 12.8 Å². The number of carboxylic acids is 1. The Balaban J connectivity index is 2.39. The minimum Gasteiger partial charge on any atom is -0.494 e. The van der Waals surface area contributed by atoms with E-state index >= 15 is 0 Å². The SMILES string of the molecule is CCCCOc1ccc(C(=O)NCC[C@H](O)C(=O)O)cc1. The molecule has 0 aliphatic carbocycles. The molecule has 0 fully saturated rings. The Labute approximate surface area is 123 Å². The standard InChI is InChI=1S/C15H21NO5/c1-2-3-10-21-12-6-4-11(5-7-12)14(18)16-9-8-13(17)15(19)20/h4-7,13,17H,2-3,8-10H2,1H3,(H,16,18)(H,19,20)/t13-/m0/s1. The highest BCUT2D eigenvalue weighted by Gasteiger charge is 2.13. The fourth-order valence-corrected chi connectivity index (χ4v) is 1.58. The van der Waals surface area contributed by atoms with Gasteiger partial charge in [0.25, 0.3) is 5.91 Å². The summed E-state index contributed by atoms with van der Waals surface area (Å²) >= 11 is 0. The second kappa shape index (κ2) is 8.97. The summed E-state index contributed by atoms with van der Waals surface area (Å²) < 4.78 is 5.49. The zero-order valence-corrected chi connectivity index (χ0v) is 12.0. The molecule has 1 atom stereocenters. The molecule has 1 amide bonds. The number of hydrogen-bond donors (Lipinski definition) is 3. The van der Waals surface area contributed by atoms with Crippen LogP contribution in [0.15, 0.2) is 24.3 Å². The normalized spacial score (nSPS) is 11.7. The summed E-state index contributed by atoms with van der Waals surface area (Å²) in [6.07, 6.45) is 0.551. The monoisotopic (exact) mass is 295 g/mol. The average molecular weight is 295 g/mol. The lowest BCUT2D eigenvalue weighted by Gasteiger charge is -2.08. The second-order valence-electron chi connectivity index (χ2n) is 4.63. The van der Waals surface area contributed by atoms with E-state index in [1.54, 1.807) is 24.3 Å². The van der Waals surface area contributed by atoms with Gasteiger partial charge < -0.3 is 20.3 Å². The van der Waals surface area contributed by atoms with Crippen LogP contribution in [0, 0.1) is 0 Å². The van der Waals surface area contributed by atoms with Crippen LogP contribution in [0.4, 0.5) is 0 Å². The molecule has 1 rings (SSSR count). The van der Waals surface area contributed by atoms with E-state index in [1.165, 1.54) is 0 Å². The lowest BCUT2D eigenvalue weighted by atomic mass is 10.2. The molecule has 0 aliphatic rings. The second-order valence-corrected chi connectivity index (χ2v) is 4.63. The Hall–Kier alpha value is -2.08. The maximum absolute atomic E-state index is 11.8. The van der Waals surface area contributed by atoms with Gasteiger partial charge in [-0.05, 0) is 30.7 Å². The van der Waals surface area contributed by atoms with Gasteiger partial charge in [0.1, 0.15) is 5.75 Å². The first kappa shape index (κ1) is 17.0.